The predicted octanol–water partition coefficient (Wildman–Crippen LogP) is 2.68. The number of nitrogens with one attached hydrogen (secondary N) is 1. The van der Waals surface area contributed by atoms with Crippen LogP contribution < -0.4 is 10.2 Å². The first-order chi connectivity index (χ1) is 8.70. The molecule has 0 radical (unpaired) electrons. The number of anilines is 1. The van der Waals surface area contributed by atoms with Gasteiger partial charge in [0, 0.05) is 25.7 Å². The Kier molecular flexibility index (Phi) is 4.23. The summed E-state index contributed by atoms with van der Waals surface area (Å²) in [6, 6.07) is 5.74. The van der Waals surface area contributed by atoms with Crippen molar-refractivity contribution in [2.45, 2.75) is 13.1 Å². The molecular weight excluding hydrogens is 250 g/mol. The highest BCUT2D eigenvalue weighted by Crippen LogP contribution is 2.19. The predicted molar refractivity (Wildman–Crippen MR) is 72.8 cm³/mol. The van der Waals surface area contributed by atoms with Gasteiger partial charge in [0.2, 0.25) is 0 Å². The number of aromatic nitrogens is 1. The first-order valence-electron chi connectivity index (χ1n) is 5.73. The first kappa shape index (κ1) is 12.9. The third-order valence-electron chi connectivity index (χ3n) is 2.64. The lowest BCUT2D eigenvalue weighted by Gasteiger charge is -2.18. The van der Waals surface area contributed by atoms with Crippen molar-refractivity contribution in [2.75, 3.05) is 19.0 Å². The van der Waals surface area contributed by atoms with Gasteiger partial charge in [-0.05, 0) is 25.2 Å². The summed E-state index contributed by atoms with van der Waals surface area (Å²) in [5, 5.41) is 3.74. The van der Waals surface area contributed by atoms with Gasteiger partial charge >= 0.3 is 0 Å². The molecule has 5 heteroatoms. The van der Waals surface area contributed by atoms with E-state index < -0.39 is 0 Å². The lowest BCUT2D eigenvalue weighted by molar-refractivity contribution is 0.563. The maximum absolute atomic E-state index is 6.09. The van der Waals surface area contributed by atoms with Crippen LogP contribution in [-0.4, -0.2) is 19.1 Å². The van der Waals surface area contributed by atoms with Crippen LogP contribution in [0.4, 0.5) is 5.82 Å². The number of pyridine rings is 1. The van der Waals surface area contributed by atoms with Gasteiger partial charge in [0.05, 0.1) is 23.2 Å². The quantitative estimate of drug-likeness (QED) is 0.903. The van der Waals surface area contributed by atoms with Crippen molar-refractivity contribution < 1.29 is 4.42 Å². The van der Waals surface area contributed by atoms with Crippen molar-refractivity contribution in [2.24, 2.45) is 0 Å². The third kappa shape index (κ3) is 3.03. The first-order valence-corrected chi connectivity index (χ1v) is 6.10. The van der Waals surface area contributed by atoms with Crippen molar-refractivity contribution in [1.29, 1.82) is 0 Å². The van der Waals surface area contributed by atoms with E-state index in [4.69, 9.17) is 16.0 Å². The highest BCUT2D eigenvalue weighted by atomic mass is 35.5. The molecule has 2 rings (SSSR count). The van der Waals surface area contributed by atoms with Crippen LogP contribution in [0.3, 0.4) is 0 Å². The molecule has 0 aliphatic rings. The van der Waals surface area contributed by atoms with Crippen molar-refractivity contribution in [1.82, 2.24) is 10.3 Å². The molecular formula is C13H16ClN3O. The van der Waals surface area contributed by atoms with Crippen LogP contribution in [0.25, 0.3) is 0 Å². The molecule has 0 unspecified atom stereocenters. The Morgan fingerprint density at radius 2 is 2.22 bits per heavy atom. The molecule has 96 valence electrons. The summed E-state index contributed by atoms with van der Waals surface area (Å²) in [7, 11) is 3.87. The zero-order valence-electron chi connectivity index (χ0n) is 10.5. The van der Waals surface area contributed by atoms with E-state index in [0.717, 1.165) is 23.6 Å². The number of rotatable bonds is 5. The second kappa shape index (κ2) is 5.89. The van der Waals surface area contributed by atoms with Crippen LogP contribution in [-0.2, 0) is 13.1 Å². The number of hydrogen-bond donors (Lipinski definition) is 1. The molecule has 0 amide bonds. The van der Waals surface area contributed by atoms with Crippen molar-refractivity contribution in [3.63, 3.8) is 0 Å². The fraction of sp³-hybridized carbons (Fsp3) is 0.308. The van der Waals surface area contributed by atoms with E-state index in [1.165, 1.54) is 0 Å². The second-order valence-electron chi connectivity index (χ2n) is 4.12. The third-order valence-corrected chi connectivity index (χ3v) is 2.98. The lowest BCUT2D eigenvalue weighted by atomic mass is 10.3. The molecule has 1 N–H and O–H groups in total. The van der Waals surface area contributed by atoms with Gasteiger partial charge in [0.25, 0.3) is 0 Å². The highest BCUT2D eigenvalue weighted by molar-refractivity contribution is 6.31. The van der Waals surface area contributed by atoms with Gasteiger partial charge in [0.15, 0.2) is 0 Å². The van der Waals surface area contributed by atoms with Gasteiger partial charge in [-0.2, -0.15) is 0 Å². The second-order valence-corrected chi connectivity index (χ2v) is 4.52. The Morgan fingerprint density at radius 3 is 2.89 bits per heavy atom. The van der Waals surface area contributed by atoms with Crippen LogP contribution in [0.2, 0.25) is 5.02 Å². The number of halogens is 1. The molecule has 0 aromatic carbocycles. The number of furan rings is 1. The molecule has 0 bridgehead atoms. The topological polar surface area (TPSA) is 41.3 Å². The van der Waals surface area contributed by atoms with E-state index in [1.807, 2.05) is 32.3 Å². The van der Waals surface area contributed by atoms with E-state index in [2.05, 4.69) is 15.2 Å². The molecule has 0 aliphatic heterocycles. The van der Waals surface area contributed by atoms with Gasteiger partial charge < -0.3 is 14.6 Å². The summed E-state index contributed by atoms with van der Waals surface area (Å²) in [5.41, 5.74) is 1.97. The Bertz CT molecular complexity index is 499. The highest BCUT2D eigenvalue weighted by Gasteiger charge is 2.08. The summed E-state index contributed by atoms with van der Waals surface area (Å²) in [6.07, 6.45) is 3.41. The molecule has 0 saturated carbocycles. The fourth-order valence-corrected chi connectivity index (χ4v) is 1.89. The smallest absolute Gasteiger partial charge is 0.129 e. The van der Waals surface area contributed by atoms with Gasteiger partial charge in [-0.3, -0.25) is 0 Å². The Balaban J connectivity index is 2.14. The van der Waals surface area contributed by atoms with Crippen LogP contribution >= 0.6 is 11.6 Å². The van der Waals surface area contributed by atoms with E-state index >= 15 is 0 Å². The molecule has 2 aromatic heterocycles. The van der Waals surface area contributed by atoms with Gasteiger partial charge in [-0.15, -0.1) is 0 Å². The maximum Gasteiger partial charge on any atom is 0.129 e. The lowest BCUT2D eigenvalue weighted by Crippen LogP contribution is -2.18. The number of nitrogens with zero attached hydrogens (tertiary/aromatic N) is 2. The molecule has 0 atom stereocenters. The normalized spacial score (nSPS) is 10.6. The molecule has 0 aliphatic carbocycles. The van der Waals surface area contributed by atoms with Crippen LogP contribution in [0.15, 0.2) is 35.1 Å². The summed E-state index contributed by atoms with van der Waals surface area (Å²) in [6.45, 7) is 1.41. The molecule has 0 fully saturated rings. The van der Waals surface area contributed by atoms with Crippen LogP contribution in [0, 0.1) is 0 Å². The maximum atomic E-state index is 6.09. The van der Waals surface area contributed by atoms with Gasteiger partial charge in [-0.1, -0.05) is 11.6 Å². The minimum absolute atomic E-state index is 0.659. The molecule has 18 heavy (non-hydrogen) atoms. The van der Waals surface area contributed by atoms with Crippen LogP contribution in [0.1, 0.15) is 11.3 Å². The van der Waals surface area contributed by atoms with Crippen LogP contribution in [0.5, 0.6) is 0 Å². The zero-order valence-corrected chi connectivity index (χ0v) is 11.2. The Labute approximate surface area is 112 Å². The minimum atomic E-state index is 0.659. The molecule has 0 spiro atoms. The molecule has 4 nitrogen and oxygen atoms in total. The largest absolute Gasteiger partial charge is 0.472 e. The summed E-state index contributed by atoms with van der Waals surface area (Å²) in [5.74, 6) is 0.894. The summed E-state index contributed by atoms with van der Waals surface area (Å²) >= 11 is 6.09. The van der Waals surface area contributed by atoms with Crippen molar-refractivity contribution in [3.05, 3.63) is 47.0 Å². The Morgan fingerprint density at radius 1 is 1.39 bits per heavy atom. The zero-order chi connectivity index (χ0) is 13.0. The monoisotopic (exact) mass is 265 g/mol. The van der Waals surface area contributed by atoms with E-state index in [9.17, 15) is 0 Å². The SMILES string of the molecule is CNCc1nc(N(C)Cc2ccoc2)ccc1Cl. The van der Waals surface area contributed by atoms with E-state index in [-0.39, 0.29) is 0 Å². The minimum Gasteiger partial charge on any atom is -0.472 e. The molecule has 2 aromatic rings. The Hall–Kier alpha value is -1.52. The average molecular weight is 266 g/mol. The van der Waals surface area contributed by atoms with Gasteiger partial charge in [-0.25, -0.2) is 4.98 Å². The summed E-state index contributed by atoms with van der Waals surface area (Å²) in [4.78, 5) is 6.60. The van der Waals surface area contributed by atoms with Crippen molar-refractivity contribution in [3.8, 4) is 0 Å². The van der Waals surface area contributed by atoms with Crippen molar-refractivity contribution >= 4 is 17.4 Å². The summed E-state index contributed by atoms with van der Waals surface area (Å²) < 4.78 is 5.05. The number of hydrogen-bond acceptors (Lipinski definition) is 4. The molecule has 0 saturated heterocycles. The fourth-order valence-electron chi connectivity index (χ4n) is 1.71. The standard InChI is InChI=1S/C13H16ClN3O/c1-15-7-12-11(14)3-4-13(16-12)17(2)8-10-5-6-18-9-10/h3-6,9,15H,7-8H2,1-2H3. The van der Waals surface area contributed by atoms with Gasteiger partial charge in [0.1, 0.15) is 5.82 Å². The van der Waals surface area contributed by atoms with E-state index in [1.54, 1.807) is 12.5 Å². The molecule has 2 heterocycles. The van der Waals surface area contributed by atoms with E-state index in [0.29, 0.717) is 11.6 Å². The average Bonchev–Trinajstić information content (AvgIpc) is 2.85.